The molecule has 1 amide bonds. The van der Waals surface area contributed by atoms with E-state index in [0.717, 1.165) is 30.2 Å². The maximum absolute atomic E-state index is 13.1. The minimum Gasteiger partial charge on any atom is -0.336 e. The quantitative estimate of drug-likeness (QED) is 0.732. The van der Waals surface area contributed by atoms with Crippen molar-refractivity contribution in [1.29, 1.82) is 0 Å². The SMILES string of the molecule is Cc1cc(C(=O)N2CCN(Cc3ccccc3Cl)CC2)c2c(=O)[nH]n(C)c2n1. The van der Waals surface area contributed by atoms with Gasteiger partial charge in [-0.25, -0.2) is 4.98 Å². The second-order valence-corrected chi connectivity index (χ2v) is 7.58. The fourth-order valence-corrected chi connectivity index (χ4v) is 3.90. The molecule has 3 heterocycles. The number of aromatic amines is 1. The third kappa shape index (κ3) is 3.43. The van der Waals surface area contributed by atoms with Crippen molar-refractivity contribution in [2.75, 3.05) is 26.2 Å². The Balaban J connectivity index is 1.51. The molecule has 28 heavy (non-hydrogen) atoms. The highest BCUT2D eigenvalue weighted by Crippen LogP contribution is 2.20. The predicted molar refractivity (Wildman–Crippen MR) is 109 cm³/mol. The molecule has 1 fully saturated rings. The molecule has 4 rings (SSSR count). The number of halogens is 1. The van der Waals surface area contributed by atoms with E-state index < -0.39 is 0 Å². The van der Waals surface area contributed by atoms with Crippen molar-refractivity contribution in [2.45, 2.75) is 13.5 Å². The van der Waals surface area contributed by atoms with E-state index >= 15 is 0 Å². The molecule has 1 aromatic carbocycles. The van der Waals surface area contributed by atoms with Crippen LogP contribution >= 0.6 is 11.6 Å². The Morgan fingerprint density at radius 1 is 1.21 bits per heavy atom. The second-order valence-electron chi connectivity index (χ2n) is 7.17. The van der Waals surface area contributed by atoms with E-state index in [4.69, 9.17) is 11.6 Å². The zero-order chi connectivity index (χ0) is 19.8. The summed E-state index contributed by atoms with van der Waals surface area (Å²) in [7, 11) is 1.72. The summed E-state index contributed by atoms with van der Waals surface area (Å²) in [4.78, 5) is 33.9. The Morgan fingerprint density at radius 3 is 2.64 bits per heavy atom. The van der Waals surface area contributed by atoms with E-state index in [1.807, 2.05) is 36.1 Å². The molecule has 8 heteroatoms. The van der Waals surface area contributed by atoms with Crippen LogP contribution in [0.3, 0.4) is 0 Å². The van der Waals surface area contributed by atoms with Crippen LogP contribution in [0.25, 0.3) is 11.0 Å². The smallest absolute Gasteiger partial charge is 0.274 e. The monoisotopic (exact) mass is 399 g/mol. The van der Waals surface area contributed by atoms with Crippen molar-refractivity contribution in [1.82, 2.24) is 24.6 Å². The number of aromatic nitrogens is 3. The second kappa shape index (κ2) is 7.41. The Bertz CT molecular complexity index is 1100. The number of hydrogen-bond acceptors (Lipinski definition) is 4. The topological polar surface area (TPSA) is 74.2 Å². The number of benzene rings is 1. The van der Waals surface area contributed by atoms with Crippen LogP contribution in [0.4, 0.5) is 0 Å². The van der Waals surface area contributed by atoms with Crippen LogP contribution in [0, 0.1) is 6.92 Å². The molecule has 0 saturated carbocycles. The van der Waals surface area contributed by atoms with Gasteiger partial charge in [0.15, 0.2) is 5.65 Å². The van der Waals surface area contributed by atoms with Crippen molar-refractivity contribution < 1.29 is 4.79 Å². The summed E-state index contributed by atoms with van der Waals surface area (Å²) in [6, 6.07) is 9.53. The zero-order valence-electron chi connectivity index (χ0n) is 15.9. The number of piperazine rings is 1. The molecule has 2 aromatic heterocycles. The molecule has 1 aliphatic rings. The number of nitrogens with one attached hydrogen (secondary N) is 1. The van der Waals surface area contributed by atoms with Crippen LogP contribution in [0.15, 0.2) is 35.1 Å². The van der Waals surface area contributed by atoms with Gasteiger partial charge < -0.3 is 4.90 Å². The first-order valence-corrected chi connectivity index (χ1v) is 9.63. The lowest BCUT2D eigenvalue weighted by Gasteiger charge is -2.35. The summed E-state index contributed by atoms with van der Waals surface area (Å²) >= 11 is 6.26. The first-order chi connectivity index (χ1) is 13.4. The highest BCUT2D eigenvalue weighted by molar-refractivity contribution is 6.31. The van der Waals surface area contributed by atoms with E-state index in [9.17, 15) is 9.59 Å². The van der Waals surface area contributed by atoms with Crippen LogP contribution in [-0.2, 0) is 13.6 Å². The van der Waals surface area contributed by atoms with Crippen molar-refractivity contribution in [2.24, 2.45) is 7.05 Å². The number of amides is 1. The molecule has 0 atom stereocenters. The van der Waals surface area contributed by atoms with Crippen LogP contribution in [0.1, 0.15) is 21.6 Å². The van der Waals surface area contributed by atoms with E-state index in [1.54, 1.807) is 17.8 Å². The first kappa shape index (κ1) is 18.7. The number of pyridine rings is 1. The van der Waals surface area contributed by atoms with Crippen molar-refractivity contribution in [3.8, 4) is 0 Å². The van der Waals surface area contributed by atoms with Crippen molar-refractivity contribution in [3.63, 3.8) is 0 Å². The lowest BCUT2D eigenvalue weighted by atomic mass is 10.1. The van der Waals surface area contributed by atoms with Gasteiger partial charge in [-0.2, -0.15) is 0 Å². The number of nitrogens with zero attached hydrogens (tertiary/aromatic N) is 4. The molecule has 0 bridgehead atoms. The van der Waals surface area contributed by atoms with Gasteiger partial charge in [0.05, 0.1) is 10.9 Å². The number of H-pyrrole nitrogens is 1. The standard InChI is InChI=1S/C20H22ClN5O2/c1-13-11-15(17-18(22-13)24(2)23-19(17)27)20(28)26-9-7-25(8-10-26)12-14-5-3-4-6-16(14)21/h3-6,11H,7-10,12H2,1-2H3,(H,23,27). The van der Waals surface area contributed by atoms with Gasteiger partial charge in [0.25, 0.3) is 11.5 Å². The van der Waals surface area contributed by atoms with E-state index in [0.29, 0.717) is 35.4 Å². The first-order valence-electron chi connectivity index (χ1n) is 9.25. The van der Waals surface area contributed by atoms with Gasteiger partial charge in [-0.3, -0.25) is 24.3 Å². The molecule has 0 aliphatic carbocycles. The fraction of sp³-hybridized carbons (Fsp3) is 0.350. The maximum Gasteiger partial charge on any atom is 0.274 e. The minimum absolute atomic E-state index is 0.121. The third-order valence-electron chi connectivity index (χ3n) is 5.18. The molecule has 1 aliphatic heterocycles. The molecule has 7 nitrogen and oxygen atoms in total. The molecule has 3 aromatic rings. The highest BCUT2D eigenvalue weighted by atomic mass is 35.5. The molecule has 0 radical (unpaired) electrons. The van der Waals surface area contributed by atoms with Gasteiger partial charge in [0.2, 0.25) is 0 Å². The average Bonchev–Trinajstić information content (AvgIpc) is 2.97. The van der Waals surface area contributed by atoms with E-state index in [-0.39, 0.29) is 11.5 Å². The van der Waals surface area contributed by atoms with Gasteiger partial charge in [0.1, 0.15) is 0 Å². The molecule has 1 N–H and O–H groups in total. The lowest BCUT2D eigenvalue weighted by molar-refractivity contribution is 0.0630. The van der Waals surface area contributed by atoms with Gasteiger partial charge in [-0.05, 0) is 24.6 Å². The molecular formula is C20H22ClN5O2. The van der Waals surface area contributed by atoms with Crippen molar-refractivity contribution in [3.05, 3.63) is 62.5 Å². The normalized spacial score (nSPS) is 15.3. The minimum atomic E-state index is -0.286. The number of aryl methyl sites for hydroxylation is 2. The van der Waals surface area contributed by atoms with E-state index in [2.05, 4.69) is 15.0 Å². The van der Waals surface area contributed by atoms with Crippen LogP contribution < -0.4 is 5.56 Å². The summed E-state index contributed by atoms with van der Waals surface area (Å²) in [5, 5.41) is 3.81. The van der Waals surface area contributed by atoms with Gasteiger partial charge in [-0.15, -0.1) is 0 Å². The molecular weight excluding hydrogens is 378 g/mol. The maximum atomic E-state index is 13.1. The van der Waals surface area contributed by atoms with Crippen LogP contribution in [-0.4, -0.2) is 56.7 Å². The molecule has 1 saturated heterocycles. The van der Waals surface area contributed by atoms with Gasteiger partial charge in [0, 0.05) is 50.5 Å². The largest absolute Gasteiger partial charge is 0.336 e. The number of carbonyl (C=O) groups excluding carboxylic acids is 1. The highest BCUT2D eigenvalue weighted by Gasteiger charge is 2.26. The van der Waals surface area contributed by atoms with Gasteiger partial charge >= 0.3 is 0 Å². The number of fused-ring (bicyclic) bond motifs is 1. The van der Waals surface area contributed by atoms with Crippen LogP contribution in [0.5, 0.6) is 0 Å². The Labute approximate surface area is 167 Å². The summed E-state index contributed by atoms with van der Waals surface area (Å²) < 4.78 is 1.56. The average molecular weight is 400 g/mol. The summed E-state index contributed by atoms with van der Waals surface area (Å²) in [5.41, 5.74) is 2.44. The molecule has 0 unspecified atom stereocenters. The molecule has 0 spiro atoms. The Kier molecular flexibility index (Phi) is 4.95. The lowest BCUT2D eigenvalue weighted by Crippen LogP contribution is -2.48. The number of carbonyl (C=O) groups is 1. The fourth-order valence-electron chi connectivity index (χ4n) is 3.70. The number of rotatable bonds is 3. The summed E-state index contributed by atoms with van der Waals surface area (Å²) in [6.45, 7) is 5.33. The number of hydrogen-bond donors (Lipinski definition) is 1. The summed E-state index contributed by atoms with van der Waals surface area (Å²) in [5.74, 6) is -0.121. The Hall–Kier alpha value is -2.64. The molecule has 146 valence electrons. The van der Waals surface area contributed by atoms with Gasteiger partial charge in [-0.1, -0.05) is 29.8 Å². The zero-order valence-corrected chi connectivity index (χ0v) is 16.7. The van der Waals surface area contributed by atoms with Crippen LogP contribution in [0.2, 0.25) is 5.02 Å². The van der Waals surface area contributed by atoms with Crippen molar-refractivity contribution >= 4 is 28.5 Å². The third-order valence-corrected chi connectivity index (χ3v) is 5.55. The summed E-state index contributed by atoms with van der Waals surface area (Å²) in [6.07, 6.45) is 0. The Morgan fingerprint density at radius 2 is 1.93 bits per heavy atom. The predicted octanol–water partition coefficient (Wildman–Crippen LogP) is 2.18. The van der Waals surface area contributed by atoms with E-state index in [1.165, 1.54) is 0 Å².